The molecule has 0 aliphatic carbocycles. The fraction of sp³-hybridized carbons (Fsp3) is 0. The molecule has 0 saturated carbocycles. The van der Waals surface area contributed by atoms with Gasteiger partial charge in [-0.2, -0.15) is 0 Å². The van der Waals surface area contributed by atoms with Crippen molar-refractivity contribution in [2.24, 2.45) is 0 Å². The number of pyridine rings is 1. The highest BCUT2D eigenvalue weighted by molar-refractivity contribution is 7.07. The lowest BCUT2D eigenvalue weighted by molar-refractivity contribution is 1.31. The third-order valence-electron chi connectivity index (χ3n) is 1.56. The van der Waals surface area contributed by atoms with Crippen LogP contribution in [0, 0.1) is 0 Å². The van der Waals surface area contributed by atoms with E-state index in [0.717, 1.165) is 16.9 Å². The number of nitrogen functional groups attached to an aromatic ring is 1. The van der Waals surface area contributed by atoms with Gasteiger partial charge in [0.05, 0.1) is 11.2 Å². The summed E-state index contributed by atoms with van der Waals surface area (Å²) in [5.41, 5.74) is 10.0. The van der Waals surface area contributed by atoms with Gasteiger partial charge in [-0.3, -0.25) is 4.98 Å². The number of aromatic nitrogens is 2. The van der Waals surface area contributed by atoms with E-state index >= 15 is 0 Å². The van der Waals surface area contributed by atoms with Crippen LogP contribution in [-0.4, -0.2) is 9.97 Å². The summed E-state index contributed by atoms with van der Waals surface area (Å²) in [6.45, 7) is 0. The van der Waals surface area contributed by atoms with Gasteiger partial charge in [0, 0.05) is 29.0 Å². The zero-order valence-corrected chi connectivity index (χ0v) is 7.08. The monoisotopic (exact) mass is 177 g/mol. The molecule has 0 aliphatic rings. The van der Waals surface area contributed by atoms with Crippen molar-refractivity contribution in [3.8, 4) is 11.3 Å². The Morgan fingerprint density at radius 1 is 1.42 bits per heavy atom. The highest BCUT2D eigenvalue weighted by Gasteiger charge is 2.02. The molecule has 4 heteroatoms. The maximum absolute atomic E-state index is 5.74. The van der Waals surface area contributed by atoms with Crippen molar-refractivity contribution < 1.29 is 0 Å². The Balaban J connectivity index is 2.55. The topological polar surface area (TPSA) is 51.8 Å². The van der Waals surface area contributed by atoms with Crippen LogP contribution >= 0.6 is 11.3 Å². The van der Waals surface area contributed by atoms with E-state index in [1.165, 1.54) is 0 Å². The fourth-order valence-electron chi connectivity index (χ4n) is 0.965. The number of hydrogen-bond donors (Lipinski definition) is 1. The molecule has 2 heterocycles. The van der Waals surface area contributed by atoms with Gasteiger partial charge in [-0.05, 0) is 6.07 Å². The van der Waals surface area contributed by atoms with Gasteiger partial charge >= 0.3 is 0 Å². The Morgan fingerprint density at radius 3 is 3.00 bits per heavy atom. The Kier molecular flexibility index (Phi) is 1.75. The van der Waals surface area contributed by atoms with Gasteiger partial charge in [0.2, 0.25) is 0 Å². The van der Waals surface area contributed by atoms with Crippen molar-refractivity contribution >= 4 is 17.0 Å². The predicted octanol–water partition coefficient (Wildman–Crippen LogP) is 1.79. The predicted molar refractivity (Wildman–Crippen MR) is 49.8 cm³/mol. The van der Waals surface area contributed by atoms with Gasteiger partial charge in [-0.1, -0.05) is 0 Å². The van der Waals surface area contributed by atoms with E-state index in [1.54, 1.807) is 35.3 Å². The summed E-state index contributed by atoms with van der Waals surface area (Å²) in [5, 5.41) is 1.95. The second-order valence-electron chi connectivity index (χ2n) is 2.34. The van der Waals surface area contributed by atoms with E-state index in [9.17, 15) is 0 Å². The number of thiazole rings is 1. The Morgan fingerprint density at radius 2 is 2.33 bits per heavy atom. The summed E-state index contributed by atoms with van der Waals surface area (Å²) in [7, 11) is 0. The molecule has 2 N–H and O–H groups in total. The van der Waals surface area contributed by atoms with Gasteiger partial charge in [-0.15, -0.1) is 11.3 Å². The third kappa shape index (κ3) is 1.16. The second-order valence-corrected chi connectivity index (χ2v) is 3.06. The lowest BCUT2D eigenvalue weighted by Gasteiger charge is -1.98. The SMILES string of the molecule is Nc1ccncc1-c1cscn1. The first kappa shape index (κ1) is 7.24. The molecular formula is C8H7N3S. The highest BCUT2D eigenvalue weighted by Crippen LogP contribution is 2.23. The van der Waals surface area contributed by atoms with Crippen LogP contribution in [0.25, 0.3) is 11.3 Å². The molecule has 0 aromatic carbocycles. The fourth-order valence-corrected chi connectivity index (χ4v) is 1.52. The van der Waals surface area contributed by atoms with Crippen LogP contribution in [0.1, 0.15) is 0 Å². The average molecular weight is 177 g/mol. The molecule has 3 nitrogen and oxygen atoms in total. The number of nitrogens with zero attached hydrogens (tertiary/aromatic N) is 2. The average Bonchev–Trinajstić information content (AvgIpc) is 2.57. The van der Waals surface area contributed by atoms with Crippen molar-refractivity contribution in [1.82, 2.24) is 9.97 Å². The summed E-state index contributed by atoms with van der Waals surface area (Å²) < 4.78 is 0. The Bertz CT molecular complexity index is 370. The molecule has 0 spiro atoms. The number of hydrogen-bond acceptors (Lipinski definition) is 4. The molecule has 0 amide bonds. The van der Waals surface area contributed by atoms with Crippen LogP contribution in [0.3, 0.4) is 0 Å². The molecule has 0 bridgehead atoms. The summed E-state index contributed by atoms with van der Waals surface area (Å²) in [6, 6.07) is 1.77. The molecule has 0 radical (unpaired) electrons. The van der Waals surface area contributed by atoms with E-state index in [2.05, 4.69) is 9.97 Å². The number of nitrogens with two attached hydrogens (primary N) is 1. The first-order valence-corrected chi connectivity index (χ1v) is 4.40. The first-order chi connectivity index (χ1) is 5.88. The van der Waals surface area contributed by atoms with E-state index in [0.29, 0.717) is 0 Å². The van der Waals surface area contributed by atoms with E-state index < -0.39 is 0 Å². The minimum atomic E-state index is 0.718. The second kappa shape index (κ2) is 2.91. The zero-order valence-electron chi connectivity index (χ0n) is 6.27. The first-order valence-electron chi connectivity index (χ1n) is 3.46. The minimum absolute atomic E-state index is 0.718. The van der Waals surface area contributed by atoms with Crippen LogP contribution in [0.2, 0.25) is 0 Å². The largest absolute Gasteiger partial charge is 0.398 e. The molecule has 2 aromatic rings. The van der Waals surface area contributed by atoms with Gasteiger partial charge in [0.25, 0.3) is 0 Å². The molecular weight excluding hydrogens is 170 g/mol. The maximum Gasteiger partial charge on any atom is 0.0847 e. The Labute approximate surface area is 73.9 Å². The standard InChI is InChI=1S/C8H7N3S/c9-7-1-2-10-3-6(7)8-4-12-5-11-8/h1-5H,(H2,9,10). The van der Waals surface area contributed by atoms with Crippen molar-refractivity contribution in [3.63, 3.8) is 0 Å². The third-order valence-corrected chi connectivity index (χ3v) is 2.15. The van der Waals surface area contributed by atoms with Gasteiger partial charge in [0.1, 0.15) is 0 Å². The van der Waals surface area contributed by atoms with Crippen LogP contribution in [0.5, 0.6) is 0 Å². The van der Waals surface area contributed by atoms with Crippen LogP contribution in [0.4, 0.5) is 5.69 Å². The molecule has 12 heavy (non-hydrogen) atoms. The van der Waals surface area contributed by atoms with Gasteiger partial charge < -0.3 is 5.73 Å². The van der Waals surface area contributed by atoms with E-state index in [4.69, 9.17) is 5.73 Å². The molecule has 2 rings (SSSR count). The summed E-state index contributed by atoms with van der Waals surface area (Å²) >= 11 is 1.55. The van der Waals surface area contributed by atoms with Crippen molar-refractivity contribution in [3.05, 3.63) is 29.4 Å². The molecule has 0 aliphatic heterocycles. The van der Waals surface area contributed by atoms with Crippen molar-refractivity contribution in [1.29, 1.82) is 0 Å². The summed E-state index contributed by atoms with van der Waals surface area (Å²) in [4.78, 5) is 8.13. The summed E-state index contributed by atoms with van der Waals surface area (Å²) in [6.07, 6.45) is 3.40. The van der Waals surface area contributed by atoms with Gasteiger partial charge in [0.15, 0.2) is 0 Å². The van der Waals surface area contributed by atoms with E-state index in [-0.39, 0.29) is 0 Å². The number of anilines is 1. The van der Waals surface area contributed by atoms with Crippen LogP contribution < -0.4 is 5.73 Å². The maximum atomic E-state index is 5.74. The molecule has 0 unspecified atom stereocenters. The van der Waals surface area contributed by atoms with Crippen molar-refractivity contribution in [2.45, 2.75) is 0 Å². The normalized spacial score (nSPS) is 10.0. The molecule has 0 fully saturated rings. The Hall–Kier alpha value is -1.42. The zero-order chi connectivity index (χ0) is 8.39. The smallest absolute Gasteiger partial charge is 0.0847 e. The molecule has 2 aromatic heterocycles. The molecule has 0 atom stereocenters. The van der Waals surface area contributed by atoms with Crippen LogP contribution in [-0.2, 0) is 0 Å². The lowest BCUT2D eigenvalue weighted by Crippen LogP contribution is -1.90. The lowest BCUT2D eigenvalue weighted by atomic mass is 10.2. The van der Waals surface area contributed by atoms with Gasteiger partial charge in [-0.25, -0.2) is 4.98 Å². The molecule has 0 saturated heterocycles. The molecule has 60 valence electrons. The van der Waals surface area contributed by atoms with Crippen LogP contribution in [0.15, 0.2) is 29.4 Å². The highest BCUT2D eigenvalue weighted by atomic mass is 32.1. The quantitative estimate of drug-likeness (QED) is 0.722. The van der Waals surface area contributed by atoms with E-state index in [1.807, 2.05) is 5.38 Å². The number of rotatable bonds is 1. The minimum Gasteiger partial charge on any atom is -0.398 e. The van der Waals surface area contributed by atoms with Crippen molar-refractivity contribution in [2.75, 3.05) is 5.73 Å². The summed E-state index contributed by atoms with van der Waals surface area (Å²) in [5.74, 6) is 0.